The molecule has 0 radical (unpaired) electrons. The van der Waals surface area contributed by atoms with Gasteiger partial charge in [-0.15, -0.1) is 0 Å². The lowest BCUT2D eigenvalue weighted by molar-refractivity contribution is -0.0563. The average Bonchev–Trinajstić information content (AvgIpc) is 3.65. The highest BCUT2D eigenvalue weighted by molar-refractivity contribution is 7.71. The topological polar surface area (TPSA) is 137 Å². The van der Waals surface area contributed by atoms with Crippen molar-refractivity contribution in [2.75, 3.05) is 11.9 Å². The van der Waals surface area contributed by atoms with Gasteiger partial charge in [0.05, 0.1) is 17.5 Å². The van der Waals surface area contributed by atoms with Crippen LogP contribution in [0.15, 0.2) is 97.3 Å². The summed E-state index contributed by atoms with van der Waals surface area (Å²) in [5.74, 6) is -1.29. The fourth-order valence-corrected chi connectivity index (χ4v) is 4.96. The van der Waals surface area contributed by atoms with E-state index in [1.54, 1.807) is 89.5 Å². The molecular formula is C31H25N5O6S. The molecule has 11 nitrogen and oxygen atoms in total. The van der Waals surface area contributed by atoms with Gasteiger partial charge in [0.2, 0.25) is 5.95 Å². The molecule has 216 valence electrons. The van der Waals surface area contributed by atoms with Crippen LogP contribution >= 0.6 is 12.2 Å². The number of H-pyrrole nitrogens is 1. The first-order valence-corrected chi connectivity index (χ1v) is 13.8. The number of benzene rings is 3. The summed E-state index contributed by atoms with van der Waals surface area (Å²) < 4.78 is 19.5. The van der Waals surface area contributed by atoms with E-state index in [0.717, 1.165) is 0 Å². The predicted molar refractivity (Wildman–Crippen MR) is 158 cm³/mol. The molecule has 1 aliphatic heterocycles. The van der Waals surface area contributed by atoms with E-state index in [4.69, 9.17) is 26.4 Å². The molecule has 3 atom stereocenters. The van der Waals surface area contributed by atoms with Gasteiger partial charge < -0.3 is 19.2 Å². The molecule has 12 heteroatoms. The molecule has 1 saturated heterocycles. The smallest absolute Gasteiger partial charge is 0.338 e. The number of anilines is 1. The van der Waals surface area contributed by atoms with Crippen molar-refractivity contribution in [3.8, 4) is 0 Å². The molecule has 0 saturated carbocycles. The van der Waals surface area contributed by atoms with Crippen molar-refractivity contribution in [2.24, 2.45) is 0 Å². The van der Waals surface area contributed by atoms with Crippen molar-refractivity contribution in [3.63, 3.8) is 0 Å². The zero-order valence-corrected chi connectivity index (χ0v) is 23.4. The molecule has 0 aliphatic carbocycles. The van der Waals surface area contributed by atoms with Gasteiger partial charge >= 0.3 is 11.9 Å². The molecular weight excluding hydrogens is 570 g/mol. The summed E-state index contributed by atoms with van der Waals surface area (Å²) in [6.07, 6.45) is -0.442. The maximum absolute atomic E-state index is 12.9. The van der Waals surface area contributed by atoms with Crippen LogP contribution in [0.1, 0.15) is 43.7 Å². The van der Waals surface area contributed by atoms with Crippen LogP contribution in [0, 0.1) is 4.64 Å². The number of amides is 1. The maximum Gasteiger partial charge on any atom is 0.338 e. The molecule has 6 rings (SSSR count). The highest BCUT2D eigenvalue weighted by Gasteiger charge is 2.40. The Morgan fingerprint density at radius 2 is 1.51 bits per heavy atom. The molecule has 0 bridgehead atoms. The van der Waals surface area contributed by atoms with Gasteiger partial charge in [-0.3, -0.25) is 14.7 Å². The van der Waals surface area contributed by atoms with E-state index in [9.17, 15) is 14.4 Å². The zero-order valence-electron chi connectivity index (χ0n) is 22.6. The van der Waals surface area contributed by atoms with Crippen molar-refractivity contribution >= 4 is 47.2 Å². The van der Waals surface area contributed by atoms with Crippen molar-refractivity contribution in [2.45, 2.75) is 24.9 Å². The van der Waals surface area contributed by atoms with Crippen LogP contribution in [0.25, 0.3) is 11.2 Å². The summed E-state index contributed by atoms with van der Waals surface area (Å²) in [6.45, 7) is -0.153. The van der Waals surface area contributed by atoms with E-state index in [1.165, 1.54) is 6.33 Å². The number of aromatic nitrogens is 4. The van der Waals surface area contributed by atoms with E-state index in [1.807, 2.05) is 6.07 Å². The van der Waals surface area contributed by atoms with Crippen LogP contribution in [-0.2, 0) is 14.2 Å². The summed E-state index contributed by atoms with van der Waals surface area (Å²) >= 11 is 5.45. The number of hydrogen-bond donors (Lipinski definition) is 2. The SMILES string of the molecule is O=C(Nc1nc(=S)c2ncn([C@H]3C[C@H](OC(=O)c4ccccc4)[C@@H](COC(=O)c4ccccc4)O3)c2[nH]1)c1ccccc1. The third-order valence-electron chi connectivity index (χ3n) is 6.86. The van der Waals surface area contributed by atoms with Crippen molar-refractivity contribution < 1.29 is 28.6 Å². The fourth-order valence-electron chi connectivity index (χ4n) is 4.72. The van der Waals surface area contributed by atoms with Crippen LogP contribution in [0.3, 0.4) is 0 Å². The first kappa shape index (κ1) is 27.9. The second-order valence-electron chi connectivity index (χ2n) is 9.70. The molecule has 2 aromatic heterocycles. The third kappa shape index (κ3) is 6.20. The van der Waals surface area contributed by atoms with Crippen LogP contribution in [0.4, 0.5) is 5.95 Å². The number of esters is 2. The van der Waals surface area contributed by atoms with E-state index in [0.29, 0.717) is 27.9 Å². The Balaban J connectivity index is 1.25. The van der Waals surface area contributed by atoms with Crippen molar-refractivity contribution in [1.82, 2.24) is 19.5 Å². The van der Waals surface area contributed by atoms with Crippen LogP contribution in [-0.4, -0.2) is 56.2 Å². The highest BCUT2D eigenvalue weighted by atomic mass is 32.1. The largest absolute Gasteiger partial charge is 0.459 e. The Kier molecular flexibility index (Phi) is 8.03. The summed E-state index contributed by atoms with van der Waals surface area (Å²) in [6, 6.07) is 25.9. The van der Waals surface area contributed by atoms with E-state index < -0.39 is 30.4 Å². The van der Waals surface area contributed by atoms with Gasteiger partial charge in [0.15, 0.2) is 4.64 Å². The lowest BCUT2D eigenvalue weighted by Crippen LogP contribution is -2.32. The van der Waals surface area contributed by atoms with Gasteiger partial charge in [-0.1, -0.05) is 66.8 Å². The number of nitrogens with zero attached hydrogens (tertiary/aromatic N) is 3. The summed E-state index contributed by atoms with van der Waals surface area (Å²) in [5, 5.41) is 2.73. The molecule has 0 spiro atoms. The normalized spacial score (nSPS) is 17.8. The number of hydrogen-bond acceptors (Lipinski definition) is 9. The van der Waals surface area contributed by atoms with Gasteiger partial charge in [0, 0.05) is 12.0 Å². The van der Waals surface area contributed by atoms with Crippen LogP contribution < -0.4 is 5.32 Å². The standard InChI is InChI=1S/C31H25N5O6S/c37-27(19-10-4-1-5-11-19)34-31-33-26-25(28(43)35-31)32-18-36(26)24-16-22(42-30(39)21-14-8-3-9-15-21)23(41-24)17-40-29(38)20-12-6-2-7-13-20/h1-15,18,22-24H,16-17H2,(H2,33,34,35,37,43)/t22-,23+,24+/m0/s1. The van der Waals surface area contributed by atoms with E-state index in [2.05, 4.69) is 20.3 Å². The Bertz CT molecular complexity index is 1830. The molecule has 1 amide bonds. The average molecular weight is 596 g/mol. The van der Waals surface area contributed by atoms with Crippen LogP contribution in [0.2, 0.25) is 0 Å². The summed E-state index contributed by atoms with van der Waals surface area (Å²) in [4.78, 5) is 50.1. The molecule has 2 N–H and O–H groups in total. The van der Waals surface area contributed by atoms with Gasteiger partial charge in [-0.05, 0) is 36.4 Å². The molecule has 0 unspecified atom stereocenters. The number of rotatable bonds is 8. The predicted octanol–water partition coefficient (Wildman–Crippen LogP) is 5.11. The minimum atomic E-state index is -0.773. The Hall–Kier alpha value is -5.20. The minimum absolute atomic E-state index is 0.131. The maximum atomic E-state index is 12.9. The second-order valence-corrected chi connectivity index (χ2v) is 10.1. The quantitative estimate of drug-likeness (QED) is 0.185. The third-order valence-corrected chi connectivity index (χ3v) is 7.15. The Morgan fingerprint density at radius 1 is 0.907 bits per heavy atom. The lowest BCUT2D eigenvalue weighted by atomic mass is 10.1. The number of carbonyl (C=O) groups excluding carboxylic acids is 3. The zero-order chi connectivity index (χ0) is 29.8. The number of carbonyl (C=O) groups is 3. The number of ether oxygens (including phenoxy) is 3. The molecule has 1 fully saturated rings. The van der Waals surface area contributed by atoms with Crippen LogP contribution in [0.5, 0.6) is 0 Å². The summed E-state index contributed by atoms with van der Waals surface area (Å²) in [5.41, 5.74) is 2.07. The first-order valence-electron chi connectivity index (χ1n) is 13.4. The monoisotopic (exact) mass is 595 g/mol. The number of imidazole rings is 1. The fraction of sp³-hybridized carbons (Fsp3) is 0.161. The molecule has 1 aliphatic rings. The second kappa shape index (κ2) is 12.3. The molecule has 43 heavy (non-hydrogen) atoms. The van der Waals surface area contributed by atoms with Crippen molar-refractivity contribution in [1.29, 1.82) is 0 Å². The Morgan fingerprint density at radius 3 is 2.16 bits per heavy atom. The summed E-state index contributed by atoms with van der Waals surface area (Å²) in [7, 11) is 0. The van der Waals surface area contributed by atoms with Gasteiger partial charge in [-0.2, -0.15) is 0 Å². The number of nitrogens with one attached hydrogen (secondary N) is 2. The van der Waals surface area contributed by atoms with E-state index in [-0.39, 0.29) is 29.5 Å². The van der Waals surface area contributed by atoms with E-state index >= 15 is 0 Å². The van der Waals surface area contributed by atoms with Crippen molar-refractivity contribution in [3.05, 3.63) is 119 Å². The Labute approximate surface area is 250 Å². The molecule has 3 heterocycles. The highest BCUT2D eigenvalue weighted by Crippen LogP contribution is 2.34. The minimum Gasteiger partial charge on any atom is -0.459 e. The lowest BCUT2D eigenvalue weighted by Gasteiger charge is -2.19. The number of aromatic amines is 1. The molecule has 3 aromatic carbocycles. The van der Waals surface area contributed by atoms with Gasteiger partial charge in [-0.25, -0.2) is 19.6 Å². The number of fused-ring (bicyclic) bond motifs is 1. The van der Waals surface area contributed by atoms with Gasteiger partial charge in [0.1, 0.15) is 36.2 Å². The van der Waals surface area contributed by atoms with Gasteiger partial charge in [0.25, 0.3) is 5.91 Å². The first-order chi connectivity index (χ1) is 21.0. The molecule has 5 aromatic rings.